The van der Waals surface area contributed by atoms with Crippen molar-refractivity contribution >= 4 is 0 Å². The topological polar surface area (TPSA) is 0 Å². The average molecular weight is 343 g/mol. The second-order valence-electron chi connectivity index (χ2n) is 4.76. The number of hydrogen-bond donors (Lipinski definition) is 0. The monoisotopic (exact) mass is 343 g/mol. The summed E-state index contributed by atoms with van der Waals surface area (Å²) in [4.78, 5) is 0. The third kappa shape index (κ3) is 4.75. The molecule has 0 saturated carbocycles. The summed E-state index contributed by atoms with van der Waals surface area (Å²) in [6.07, 6.45) is -0.567. The van der Waals surface area contributed by atoms with Crippen LogP contribution >= 0.6 is 0 Å². The zero-order valence-corrected chi connectivity index (χ0v) is 15.8. The summed E-state index contributed by atoms with van der Waals surface area (Å²) < 4.78 is 16.9. The molecule has 0 aliphatic heterocycles. The summed E-state index contributed by atoms with van der Waals surface area (Å²) in [6, 6.07) is 11.5. The maximum Gasteiger partial charge on any atom is 0.0355 e. The van der Waals surface area contributed by atoms with Crippen LogP contribution in [-0.4, -0.2) is 0 Å². The minimum Gasteiger partial charge on any atom is -0.358 e. The summed E-state index contributed by atoms with van der Waals surface area (Å²) in [6.45, 7) is 10.1. The fraction of sp³-hybridized carbons (Fsp3) is 0.263. The second kappa shape index (κ2) is 8.65. The van der Waals surface area contributed by atoms with Crippen LogP contribution in [-0.2, 0) is 45.5 Å². The van der Waals surface area contributed by atoms with Crippen LogP contribution in [0, 0.1) is 28.2 Å². The van der Waals surface area contributed by atoms with E-state index in [-0.39, 0.29) is 40.1 Å². The van der Waals surface area contributed by atoms with Crippen LogP contribution in [0.3, 0.4) is 0 Å². The Morgan fingerprint density at radius 1 is 1.00 bits per heavy atom. The Labute approximate surface area is 152 Å². The molecule has 1 heteroatoms. The molecule has 0 bridgehead atoms. The van der Waals surface area contributed by atoms with Crippen molar-refractivity contribution in [3.8, 4) is 0 Å². The van der Waals surface area contributed by atoms with Gasteiger partial charge in [-0.05, 0) is 36.4 Å². The van der Waals surface area contributed by atoms with Gasteiger partial charge < -0.3 is 7.43 Å². The van der Waals surface area contributed by atoms with Gasteiger partial charge in [0.15, 0.2) is 0 Å². The van der Waals surface area contributed by atoms with E-state index in [0.29, 0.717) is 11.1 Å². The van der Waals surface area contributed by atoms with Crippen molar-refractivity contribution in [1.29, 1.82) is 0 Å². The molecule has 2 aromatic rings. The molecule has 0 spiro atoms. The van der Waals surface area contributed by atoms with Gasteiger partial charge in [-0.15, -0.1) is 6.07 Å². The van der Waals surface area contributed by atoms with Gasteiger partial charge in [0.1, 0.15) is 0 Å². The van der Waals surface area contributed by atoms with E-state index in [1.165, 1.54) is 11.1 Å². The summed E-state index contributed by atoms with van der Waals surface area (Å²) >= 11 is 0. The summed E-state index contributed by atoms with van der Waals surface area (Å²) in [5.74, 6) is 0. The van der Waals surface area contributed by atoms with Gasteiger partial charge in [-0.3, -0.25) is 0 Å². The molecule has 2 aromatic carbocycles. The van der Waals surface area contributed by atoms with Crippen molar-refractivity contribution in [2.75, 3.05) is 0 Å². The van der Waals surface area contributed by atoms with E-state index in [0.717, 1.165) is 17.5 Å². The molecule has 0 amide bonds. The molecule has 0 aliphatic carbocycles. The van der Waals surface area contributed by atoms with E-state index in [1.807, 2.05) is 43.3 Å². The molecule has 0 unspecified atom stereocenters. The first-order chi connectivity index (χ1) is 9.36. The van der Waals surface area contributed by atoms with Gasteiger partial charge in [-0.1, -0.05) is 43.7 Å². The van der Waals surface area contributed by atoms with Gasteiger partial charge in [-0.2, -0.15) is 24.1 Å². The SMILES string of the molecule is [2H]C([2H])(c1ccc(C)c([CH2-])c1)c1ccc(C)c(CC)c1.[CH3-].[Y]. The van der Waals surface area contributed by atoms with Gasteiger partial charge in [0, 0.05) is 35.5 Å². The summed E-state index contributed by atoms with van der Waals surface area (Å²) in [7, 11) is 0. The molecule has 105 valence electrons. The average Bonchev–Trinajstić information content (AvgIpc) is 2.42. The van der Waals surface area contributed by atoms with E-state index in [4.69, 9.17) is 2.74 Å². The molecule has 0 saturated heterocycles. The van der Waals surface area contributed by atoms with Crippen molar-refractivity contribution in [1.82, 2.24) is 0 Å². The van der Waals surface area contributed by atoms with Crippen molar-refractivity contribution in [3.63, 3.8) is 0 Å². The fourth-order valence-electron chi connectivity index (χ4n) is 2.05. The van der Waals surface area contributed by atoms with E-state index >= 15 is 0 Å². The molecular weight excluding hydrogens is 317 g/mol. The number of aryl methyl sites for hydroxylation is 3. The number of benzene rings is 2. The van der Waals surface area contributed by atoms with E-state index in [9.17, 15) is 0 Å². The van der Waals surface area contributed by atoms with Crippen LogP contribution in [0.5, 0.6) is 0 Å². The predicted molar refractivity (Wildman–Crippen MR) is 85.4 cm³/mol. The minimum atomic E-state index is -1.49. The molecule has 2 rings (SSSR count). The normalized spacial score (nSPS) is 11.8. The predicted octanol–water partition coefficient (Wildman–Crippen LogP) is 5.09. The quantitative estimate of drug-likeness (QED) is 0.681. The number of rotatable bonds is 3. The zero-order valence-electron chi connectivity index (χ0n) is 15.0. The van der Waals surface area contributed by atoms with Gasteiger partial charge in [0.25, 0.3) is 0 Å². The first kappa shape index (κ1) is 15.8. The molecule has 1 radical (unpaired) electrons. The van der Waals surface area contributed by atoms with Crippen molar-refractivity contribution < 1.29 is 35.5 Å². The summed E-state index contributed by atoms with van der Waals surface area (Å²) in [5, 5.41) is 0. The number of hydrogen-bond acceptors (Lipinski definition) is 0. The molecular formula is C19H24Y-2. The first-order valence-electron chi connectivity index (χ1n) is 7.39. The maximum atomic E-state index is 8.46. The van der Waals surface area contributed by atoms with Gasteiger partial charge in [0.2, 0.25) is 0 Å². The Bertz CT molecular complexity index is 633. The molecule has 0 fully saturated rings. The second-order valence-corrected chi connectivity index (χ2v) is 4.76. The Hall–Kier alpha value is -0.586. The van der Waals surface area contributed by atoms with Crippen molar-refractivity contribution in [2.24, 2.45) is 0 Å². The van der Waals surface area contributed by atoms with Gasteiger partial charge >= 0.3 is 0 Å². The van der Waals surface area contributed by atoms with Gasteiger partial charge in [0.05, 0.1) is 0 Å². The van der Waals surface area contributed by atoms with Crippen LogP contribution in [0.4, 0.5) is 0 Å². The fourth-order valence-corrected chi connectivity index (χ4v) is 2.05. The maximum absolute atomic E-state index is 8.46. The Morgan fingerprint density at radius 2 is 1.55 bits per heavy atom. The first-order valence-corrected chi connectivity index (χ1v) is 6.39. The molecule has 20 heavy (non-hydrogen) atoms. The van der Waals surface area contributed by atoms with E-state index in [2.05, 4.69) is 20.8 Å². The molecule has 0 heterocycles. The van der Waals surface area contributed by atoms with Crippen LogP contribution in [0.1, 0.15) is 43.0 Å². The summed E-state index contributed by atoms with van der Waals surface area (Å²) in [5.41, 5.74) is 5.77. The van der Waals surface area contributed by atoms with Crippen LogP contribution < -0.4 is 0 Å². The minimum absolute atomic E-state index is 0. The Balaban J connectivity index is 0.00000220. The molecule has 0 aliphatic rings. The molecule has 0 aromatic heterocycles. The van der Waals surface area contributed by atoms with Gasteiger partial charge in [-0.25, -0.2) is 0 Å². The Kier molecular flexibility index (Phi) is 6.83. The largest absolute Gasteiger partial charge is 0.358 e. The van der Waals surface area contributed by atoms with E-state index in [1.54, 1.807) is 0 Å². The third-order valence-corrected chi connectivity index (χ3v) is 3.37. The van der Waals surface area contributed by atoms with Crippen molar-refractivity contribution in [3.05, 3.63) is 84.1 Å². The Morgan fingerprint density at radius 3 is 2.10 bits per heavy atom. The molecule has 0 nitrogen and oxygen atoms in total. The smallest absolute Gasteiger partial charge is 0.0355 e. The zero-order chi connectivity index (χ0) is 14.9. The van der Waals surface area contributed by atoms with E-state index < -0.39 is 6.37 Å². The van der Waals surface area contributed by atoms with Crippen LogP contribution in [0.25, 0.3) is 0 Å². The standard InChI is InChI=1S/C18H21.CH3.Y/c1-5-18-12-17(9-7-14(18)3)11-16-8-6-13(2)15(4)10-16;;/h6-10,12H,4-5,11H2,1-3H3;1H3;/q2*-1;/i11D2;;. The van der Waals surface area contributed by atoms with Crippen LogP contribution in [0.15, 0.2) is 36.4 Å². The van der Waals surface area contributed by atoms with Crippen molar-refractivity contribution in [2.45, 2.75) is 33.6 Å². The van der Waals surface area contributed by atoms with Crippen LogP contribution in [0.2, 0.25) is 0 Å². The molecule has 0 atom stereocenters. The molecule has 0 N–H and O–H groups in total. The third-order valence-electron chi connectivity index (χ3n) is 3.37.